The summed E-state index contributed by atoms with van der Waals surface area (Å²) in [5.74, 6) is -0.754. The zero-order chi connectivity index (χ0) is 9.42. The Kier molecular flexibility index (Phi) is 1.79. The molecule has 2 nitrogen and oxygen atoms in total. The fourth-order valence-corrected chi connectivity index (χ4v) is 1.65. The van der Waals surface area contributed by atoms with Crippen LogP contribution < -0.4 is 0 Å². The summed E-state index contributed by atoms with van der Waals surface area (Å²) in [6, 6.07) is 2.91. The van der Waals surface area contributed by atoms with Gasteiger partial charge in [0.1, 0.15) is 5.78 Å². The molecule has 0 aromatic heterocycles. The second-order valence-electron chi connectivity index (χ2n) is 3.25. The molecule has 1 N–H and O–H groups in total. The molecule has 0 saturated carbocycles. The maximum absolute atomic E-state index is 13.2. The van der Waals surface area contributed by atoms with E-state index in [2.05, 4.69) is 0 Å². The lowest BCUT2D eigenvalue weighted by atomic mass is 9.90. The van der Waals surface area contributed by atoms with Gasteiger partial charge in [-0.05, 0) is 23.6 Å². The molecule has 1 aromatic rings. The third-order valence-electron chi connectivity index (χ3n) is 2.36. The highest BCUT2D eigenvalue weighted by molar-refractivity contribution is 5.83. The van der Waals surface area contributed by atoms with E-state index in [1.807, 2.05) is 0 Å². The Morgan fingerprint density at radius 1 is 1.31 bits per heavy atom. The highest BCUT2D eigenvalue weighted by atomic mass is 19.1. The van der Waals surface area contributed by atoms with E-state index < -0.39 is 5.82 Å². The maximum Gasteiger partial charge on any atom is 0.168 e. The van der Waals surface area contributed by atoms with Crippen molar-refractivity contribution >= 4 is 5.78 Å². The molecule has 2 rings (SSSR count). The largest absolute Gasteiger partial charge is 0.505 e. The van der Waals surface area contributed by atoms with Crippen LogP contribution in [0.2, 0.25) is 0 Å². The van der Waals surface area contributed by atoms with Gasteiger partial charge in [0.25, 0.3) is 0 Å². The molecule has 0 unspecified atom stereocenters. The van der Waals surface area contributed by atoms with Gasteiger partial charge in [0.2, 0.25) is 0 Å². The van der Waals surface area contributed by atoms with Crippen molar-refractivity contribution < 1.29 is 14.3 Å². The Hall–Kier alpha value is -1.38. The van der Waals surface area contributed by atoms with Crippen LogP contribution in [0.5, 0.6) is 5.75 Å². The molecule has 1 aliphatic carbocycles. The molecule has 0 spiro atoms. The lowest BCUT2D eigenvalue weighted by Crippen LogP contribution is -2.14. The first-order valence-corrected chi connectivity index (χ1v) is 4.19. The smallest absolute Gasteiger partial charge is 0.168 e. The molecule has 0 saturated heterocycles. The van der Waals surface area contributed by atoms with Crippen molar-refractivity contribution in [2.75, 3.05) is 0 Å². The second kappa shape index (κ2) is 2.83. The predicted molar refractivity (Wildman–Crippen MR) is 45.1 cm³/mol. The number of ketones is 1. The van der Waals surface area contributed by atoms with Gasteiger partial charge in [0.05, 0.1) is 0 Å². The van der Waals surface area contributed by atoms with Gasteiger partial charge in [0, 0.05) is 12.8 Å². The average molecular weight is 180 g/mol. The van der Waals surface area contributed by atoms with Crippen LogP contribution >= 0.6 is 0 Å². The van der Waals surface area contributed by atoms with Crippen molar-refractivity contribution in [1.82, 2.24) is 0 Å². The van der Waals surface area contributed by atoms with E-state index in [0.29, 0.717) is 30.4 Å². The van der Waals surface area contributed by atoms with Crippen LogP contribution in [-0.2, 0) is 17.6 Å². The Morgan fingerprint density at radius 3 is 2.85 bits per heavy atom. The molecule has 0 bridgehead atoms. The number of fused-ring (bicyclic) bond motifs is 1. The molecule has 0 atom stereocenters. The van der Waals surface area contributed by atoms with Crippen LogP contribution in [0.25, 0.3) is 0 Å². The third-order valence-corrected chi connectivity index (χ3v) is 2.36. The SMILES string of the molecule is O=C1CCc2c(ccc(O)c2F)C1. The first kappa shape index (κ1) is 8.23. The summed E-state index contributed by atoms with van der Waals surface area (Å²) >= 11 is 0. The number of hydrogen-bond donors (Lipinski definition) is 1. The number of phenolic OH excluding ortho intramolecular Hbond substituents is 1. The topological polar surface area (TPSA) is 37.3 Å². The minimum absolute atomic E-state index is 0.137. The zero-order valence-electron chi connectivity index (χ0n) is 7.01. The first-order chi connectivity index (χ1) is 6.18. The van der Waals surface area contributed by atoms with Gasteiger partial charge >= 0.3 is 0 Å². The number of halogens is 1. The van der Waals surface area contributed by atoms with Crippen LogP contribution in [0.15, 0.2) is 12.1 Å². The van der Waals surface area contributed by atoms with Gasteiger partial charge in [0.15, 0.2) is 11.6 Å². The number of carbonyl (C=O) groups excluding carboxylic acids is 1. The van der Waals surface area contributed by atoms with E-state index in [4.69, 9.17) is 5.11 Å². The lowest BCUT2D eigenvalue weighted by Gasteiger charge is -2.15. The number of hydrogen-bond acceptors (Lipinski definition) is 2. The lowest BCUT2D eigenvalue weighted by molar-refractivity contribution is -0.118. The van der Waals surface area contributed by atoms with Crippen LogP contribution in [0.1, 0.15) is 17.5 Å². The van der Waals surface area contributed by atoms with E-state index in [1.165, 1.54) is 6.07 Å². The summed E-state index contributed by atoms with van der Waals surface area (Å²) in [4.78, 5) is 11.0. The number of Topliss-reactive ketones (excluding diaryl/α,β-unsaturated/α-hetero) is 1. The fourth-order valence-electron chi connectivity index (χ4n) is 1.65. The average Bonchev–Trinajstić information content (AvgIpc) is 2.12. The van der Waals surface area contributed by atoms with E-state index in [1.54, 1.807) is 6.07 Å². The highest BCUT2D eigenvalue weighted by Crippen LogP contribution is 2.27. The number of aromatic hydroxyl groups is 1. The van der Waals surface area contributed by atoms with Gasteiger partial charge in [-0.2, -0.15) is 0 Å². The Labute approximate surface area is 75.0 Å². The summed E-state index contributed by atoms with van der Waals surface area (Å²) < 4.78 is 13.2. The van der Waals surface area contributed by atoms with Gasteiger partial charge in [-0.1, -0.05) is 6.07 Å². The second-order valence-corrected chi connectivity index (χ2v) is 3.25. The summed E-state index contributed by atoms with van der Waals surface area (Å²) in [6.07, 6.45) is 1.09. The van der Waals surface area contributed by atoms with Crippen molar-refractivity contribution in [3.8, 4) is 5.75 Å². The summed E-state index contributed by atoms with van der Waals surface area (Å²) in [5.41, 5.74) is 1.21. The molecule has 1 aromatic carbocycles. The Morgan fingerprint density at radius 2 is 2.08 bits per heavy atom. The molecule has 0 amide bonds. The Balaban J connectivity index is 2.53. The fraction of sp³-hybridized carbons (Fsp3) is 0.300. The molecule has 3 heteroatoms. The van der Waals surface area contributed by atoms with Gasteiger partial charge in [-0.3, -0.25) is 4.79 Å². The number of rotatable bonds is 0. The summed E-state index contributed by atoms with van der Waals surface area (Å²) in [5, 5.41) is 9.08. The third kappa shape index (κ3) is 1.30. The number of benzene rings is 1. The van der Waals surface area contributed by atoms with Gasteiger partial charge in [-0.15, -0.1) is 0 Å². The van der Waals surface area contributed by atoms with Crippen LogP contribution in [-0.4, -0.2) is 10.9 Å². The molecule has 1 aliphatic rings. The summed E-state index contributed by atoms with van der Waals surface area (Å²) in [6.45, 7) is 0. The quantitative estimate of drug-likeness (QED) is 0.658. The molecule has 0 fully saturated rings. The van der Waals surface area contributed by atoms with Crippen molar-refractivity contribution in [3.63, 3.8) is 0 Å². The Bertz CT molecular complexity index is 371. The van der Waals surface area contributed by atoms with E-state index in [9.17, 15) is 9.18 Å². The first-order valence-electron chi connectivity index (χ1n) is 4.19. The maximum atomic E-state index is 13.2. The predicted octanol–water partition coefficient (Wildman–Crippen LogP) is 1.59. The molecule has 13 heavy (non-hydrogen) atoms. The molecular formula is C10H9FO2. The van der Waals surface area contributed by atoms with E-state index in [-0.39, 0.29) is 11.5 Å². The monoisotopic (exact) mass is 180 g/mol. The molecule has 68 valence electrons. The van der Waals surface area contributed by atoms with Gasteiger partial charge in [-0.25, -0.2) is 4.39 Å². The van der Waals surface area contributed by atoms with Crippen molar-refractivity contribution in [1.29, 1.82) is 0 Å². The molecule has 0 heterocycles. The van der Waals surface area contributed by atoms with Crippen LogP contribution in [0, 0.1) is 5.82 Å². The van der Waals surface area contributed by atoms with Crippen molar-refractivity contribution in [3.05, 3.63) is 29.1 Å². The van der Waals surface area contributed by atoms with Crippen LogP contribution in [0.4, 0.5) is 4.39 Å². The highest BCUT2D eigenvalue weighted by Gasteiger charge is 2.20. The number of carbonyl (C=O) groups is 1. The molecular weight excluding hydrogens is 171 g/mol. The van der Waals surface area contributed by atoms with Crippen molar-refractivity contribution in [2.45, 2.75) is 19.3 Å². The standard InChI is InChI=1S/C10H9FO2/c11-10-8-3-2-7(12)5-6(8)1-4-9(10)13/h1,4,13H,2-3,5H2. The van der Waals surface area contributed by atoms with Crippen LogP contribution in [0.3, 0.4) is 0 Å². The van der Waals surface area contributed by atoms with E-state index in [0.717, 1.165) is 0 Å². The molecule has 0 aliphatic heterocycles. The number of phenols is 1. The minimum atomic E-state index is -0.565. The van der Waals surface area contributed by atoms with Gasteiger partial charge < -0.3 is 5.11 Å². The normalized spacial score (nSPS) is 15.6. The minimum Gasteiger partial charge on any atom is -0.505 e. The van der Waals surface area contributed by atoms with E-state index >= 15 is 0 Å². The zero-order valence-corrected chi connectivity index (χ0v) is 7.01. The molecule has 0 radical (unpaired) electrons. The van der Waals surface area contributed by atoms with Crippen molar-refractivity contribution in [2.24, 2.45) is 0 Å². The summed E-state index contributed by atoms with van der Waals surface area (Å²) in [7, 11) is 0.